The van der Waals surface area contributed by atoms with Crippen LogP contribution in [0.4, 0.5) is 10.5 Å². The smallest absolute Gasteiger partial charge is 0.328 e. The molecule has 2 aromatic heterocycles. The molecule has 30 heavy (non-hydrogen) atoms. The van der Waals surface area contributed by atoms with E-state index in [9.17, 15) is 19.8 Å². The Bertz CT molecular complexity index is 902. The maximum Gasteiger partial charge on any atom is 0.328 e. The van der Waals surface area contributed by atoms with Gasteiger partial charge in [0.25, 0.3) is 0 Å². The number of rotatable bonds is 7. The van der Waals surface area contributed by atoms with Gasteiger partial charge in [0.1, 0.15) is 0 Å². The minimum absolute atomic E-state index is 0.0212. The van der Waals surface area contributed by atoms with Gasteiger partial charge in [-0.3, -0.25) is 15.0 Å². The number of fused-ring (bicyclic) bond motifs is 1. The molecule has 3 N–H and O–H groups in total. The largest absolute Gasteiger partial charge is 0.396 e. The van der Waals surface area contributed by atoms with E-state index in [1.54, 1.807) is 15.6 Å². The summed E-state index contributed by atoms with van der Waals surface area (Å²) in [6.07, 6.45) is 7.00. The van der Waals surface area contributed by atoms with E-state index in [1.165, 1.54) is 5.56 Å². The third kappa shape index (κ3) is 4.48. The van der Waals surface area contributed by atoms with Crippen LogP contribution in [-0.2, 0) is 11.2 Å². The van der Waals surface area contributed by atoms with E-state index >= 15 is 0 Å². The monoisotopic (exact) mass is 415 g/mol. The minimum atomic E-state index is -0.400. The summed E-state index contributed by atoms with van der Waals surface area (Å²) < 4.78 is 1.76. The number of aromatic nitrogens is 2. The Morgan fingerprint density at radius 2 is 1.93 bits per heavy atom. The van der Waals surface area contributed by atoms with Gasteiger partial charge < -0.3 is 15.1 Å². The fraction of sp³-hybridized carbons (Fsp3) is 0.571. The number of urea groups is 1. The van der Waals surface area contributed by atoms with Gasteiger partial charge in [-0.25, -0.2) is 9.31 Å². The van der Waals surface area contributed by atoms with E-state index in [2.05, 4.69) is 27.4 Å². The highest BCUT2D eigenvalue weighted by Crippen LogP contribution is 2.27. The average Bonchev–Trinajstić information content (AvgIpc) is 3.16. The quantitative estimate of drug-likeness (QED) is 0.612. The van der Waals surface area contributed by atoms with E-state index in [1.807, 2.05) is 6.20 Å². The van der Waals surface area contributed by atoms with Gasteiger partial charge >= 0.3 is 6.03 Å². The third-order valence-electron chi connectivity index (χ3n) is 6.17. The average molecular weight is 415 g/mol. The van der Waals surface area contributed by atoms with Crippen LogP contribution in [0.1, 0.15) is 24.8 Å². The van der Waals surface area contributed by atoms with Crippen LogP contribution < -0.4 is 10.2 Å². The van der Waals surface area contributed by atoms with Crippen LogP contribution >= 0.6 is 0 Å². The van der Waals surface area contributed by atoms with Gasteiger partial charge in [-0.2, -0.15) is 5.10 Å². The van der Waals surface area contributed by atoms with Crippen molar-refractivity contribution < 1.29 is 19.8 Å². The summed E-state index contributed by atoms with van der Waals surface area (Å²) in [6.45, 7) is 3.09. The molecule has 0 bridgehead atoms. The molecule has 0 aliphatic carbocycles. The molecule has 0 atom stereocenters. The van der Waals surface area contributed by atoms with Crippen molar-refractivity contribution in [2.45, 2.75) is 25.7 Å². The molecule has 162 valence electrons. The van der Waals surface area contributed by atoms with Gasteiger partial charge in [-0.15, -0.1) is 0 Å². The number of anilines is 1. The van der Waals surface area contributed by atoms with Gasteiger partial charge in [0.05, 0.1) is 17.4 Å². The highest BCUT2D eigenvalue weighted by molar-refractivity contribution is 6.07. The van der Waals surface area contributed by atoms with Crippen molar-refractivity contribution in [1.29, 1.82) is 0 Å². The lowest BCUT2D eigenvalue weighted by atomic mass is 9.90. The minimum Gasteiger partial charge on any atom is -0.396 e. The van der Waals surface area contributed by atoms with Crippen LogP contribution in [0.25, 0.3) is 5.52 Å². The molecule has 2 aliphatic heterocycles. The molecule has 9 nitrogen and oxygen atoms in total. The number of amides is 3. The molecule has 9 heteroatoms. The van der Waals surface area contributed by atoms with Crippen LogP contribution in [-0.4, -0.2) is 76.1 Å². The number of likely N-dealkylation sites (tertiary alicyclic amines) is 1. The zero-order valence-electron chi connectivity index (χ0n) is 17.0. The second-order valence-corrected chi connectivity index (χ2v) is 8.33. The molecule has 4 rings (SSSR count). The van der Waals surface area contributed by atoms with Gasteiger partial charge in [0.15, 0.2) is 0 Å². The summed E-state index contributed by atoms with van der Waals surface area (Å²) in [6, 6.07) is 3.76. The number of imide groups is 1. The molecule has 0 aromatic carbocycles. The van der Waals surface area contributed by atoms with Gasteiger partial charge in [-0.05, 0) is 56.0 Å². The first kappa shape index (κ1) is 20.8. The van der Waals surface area contributed by atoms with Crippen molar-refractivity contribution in [1.82, 2.24) is 19.8 Å². The van der Waals surface area contributed by atoms with E-state index in [-0.39, 0.29) is 31.5 Å². The number of carbonyl (C=O) groups is 2. The molecule has 2 saturated heterocycles. The predicted octanol–water partition coefficient (Wildman–Crippen LogP) is 0.636. The lowest BCUT2D eigenvalue weighted by Gasteiger charge is -2.33. The standard InChI is InChI=1S/C21H29N5O4/c27-13-17(14-28)12-24-5-1-15(2-6-24)9-16-3-8-26-18(10-16)19(11-22-26)25-7-4-20(29)23-21(25)30/h3,8,10-11,15,17,27-28H,1-2,4-7,9,12-14H2,(H,23,29,30). The van der Waals surface area contributed by atoms with Crippen LogP contribution in [0, 0.1) is 11.8 Å². The van der Waals surface area contributed by atoms with Crippen molar-refractivity contribution in [2.24, 2.45) is 11.8 Å². The summed E-state index contributed by atoms with van der Waals surface area (Å²) in [5, 5.41) is 25.3. The summed E-state index contributed by atoms with van der Waals surface area (Å²) in [7, 11) is 0. The number of carbonyl (C=O) groups excluding carboxylic acids is 2. The molecular weight excluding hydrogens is 386 g/mol. The van der Waals surface area contributed by atoms with Crippen molar-refractivity contribution in [3.63, 3.8) is 0 Å². The van der Waals surface area contributed by atoms with Crippen molar-refractivity contribution >= 4 is 23.1 Å². The highest BCUT2D eigenvalue weighted by atomic mass is 16.3. The molecular formula is C21H29N5O4. The van der Waals surface area contributed by atoms with Crippen molar-refractivity contribution in [3.05, 3.63) is 30.1 Å². The maximum atomic E-state index is 12.2. The van der Waals surface area contributed by atoms with E-state index in [4.69, 9.17) is 0 Å². The third-order valence-corrected chi connectivity index (χ3v) is 6.17. The fourth-order valence-electron chi connectivity index (χ4n) is 4.39. The zero-order chi connectivity index (χ0) is 21.1. The van der Waals surface area contributed by atoms with E-state index in [0.717, 1.165) is 50.1 Å². The molecule has 0 spiro atoms. The second-order valence-electron chi connectivity index (χ2n) is 8.33. The van der Waals surface area contributed by atoms with Gasteiger partial charge in [0.2, 0.25) is 5.91 Å². The highest BCUT2D eigenvalue weighted by Gasteiger charge is 2.27. The maximum absolute atomic E-state index is 12.2. The number of nitrogens with one attached hydrogen (secondary N) is 1. The normalized spacial score (nSPS) is 19.1. The molecule has 2 aromatic rings. The van der Waals surface area contributed by atoms with Crippen LogP contribution in [0.5, 0.6) is 0 Å². The molecule has 2 fully saturated rings. The van der Waals surface area contributed by atoms with Crippen LogP contribution in [0.3, 0.4) is 0 Å². The topological polar surface area (TPSA) is 110 Å². The summed E-state index contributed by atoms with van der Waals surface area (Å²) in [5.41, 5.74) is 2.79. The summed E-state index contributed by atoms with van der Waals surface area (Å²) in [5.74, 6) is 0.267. The first-order valence-corrected chi connectivity index (χ1v) is 10.6. The Morgan fingerprint density at radius 3 is 2.63 bits per heavy atom. The Hall–Kier alpha value is -2.49. The van der Waals surface area contributed by atoms with E-state index < -0.39 is 6.03 Å². The molecule has 2 aliphatic rings. The van der Waals surface area contributed by atoms with E-state index in [0.29, 0.717) is 12.5 Å². The fourth-order valence-corrected chi connectivity index (χ4v) is 4.39. The summed E-state index contributed by atoms with van der Waals surface area (Å²) in [4.78, 5) is 27.6. The molecule has 4 heterocycles. The van der Waals surface area contributed by atoms with Crippen molar-refractivity contribution in [3.8, 4) is 0 Å². The number of hydrogen-bond donors (Lipinski definition) is 3. The first-order valence-electron chi connectivity index (χ1n) is 10.6. The number of piperidine rings is 1. The predicted molar refractivity (Wildman–Crippen MR) is 111 cm³/mol. The number of nitrogens with zero attached hydrogens (tertiary/aromatic N) is 4. The second kappa shape index (κ2) is 9.11. The zero-order valence-corrected chi connectivity index (χ0v) is 17.0. The van der Waals surface area contributed by atoms with Crippen molar-refractivity contribution in [2.75, 3.05) is 44.3 Å². The van der Waals surface area contributed by atoms with Crippen LogP contribution in [0.15, 0.2) is 24.5 Å². The summed E-state index contributed by atoms with van der Waals surface area (Å²) >= 11 is 0. The molecule has 0 radical (unpaired) electrons. The Morgan fingerprint density at radius 1 is 1.17 bits per heavy atom. The Labute approximate surface area is 175 Å². The van der Waals surface area contributed by atoms with Crippen LogP contribution in [0.2, 0.25) is 0 Å². The van der Waals surface area contributed by atoms with Gasteiger partial charge in [-0.1, -0.05) is 0 Å². The molecule has 3 amide bonds. The number of aliphatic hydroxyl groups excluding tert-OH is 2. The SMILES string of the molecule is O=C1CCN(c2cnn3ccc(CC4CCN(CC(CO)CO)CC4)cc23)C(=O)N1. The lowest BCUT2D eigenvalue weighted by Crippen LogP contribution is -2.49. The first-order chi connectivity index (χ1) is 14.6. The number of aliphatic hydroxyl groups is 2. The Balaban J connectivity index is 1.41. The molecule has 0 unspecified atom stereocenters. The molecule has 0 saturated carbocycles. The number of pyridine rings is 1. The number of hydrogen-bond acceptors (Lipinski definition) is 6. The Kier molecular flexibility index (Phi) is 6.31. The lowest BCUT2D eigenvalue weighted by molar-refractivity contribution is -0.120. The van der Waals surface area contributed by atoms with Gasteiger partial charge in [0, 0.05) is 44.8 Å².